The third-order valence-electron chi connectivity index (χ3n) is 6.05. The largest absolute Gasteiger partial charge is 0.462 e. The van der Waals surface area contributed by atoms with Gasteiger partial charge in [0.1, 0.15) is 5.00 Å². The Labute approximate surface area is 232 Å². The number of alkyl halides is 17. The van der Waals surface area contributed by atoms with Gasteiger partial charge < -0.3 is 10.1 Å². The number of halogens is 17. The summed E-state index contributed by atoms with van der Waals surface area (Å²) in [4.78, 5) is 24.6. The highest BCUT2D eigenvalue weighted by Gasteiger charge is 2.95. The van der Waals surface area contributed by atoms with Crippen molar-refractivity contribution in [3.05, 3.63) is 16.0 Å². The molecule has 0 radical (unpaired) electrons. The zero-order chi connectivity index (χ0) is 33.8. The molecule has 0 aromatic carbocycles. The first kappa shape index (κ1) is 36.6. The predicted octanol–water partition coefficient (Wildman–Crippen LogP) is 8.14. The van der Waals surface area contributed by atoms with Crippen molar-refractivity contribution in [2.24, 2.45) is 0 Å². The molecule has 0 spiro atoms. The molecule has 1 N–H and O–H groups in total. The van der Waals surface area contributed by atoms with E-state index in [1.165, 1.54) is 6.92 Å². The van der Waals surface area contributed by atoms with E-state index in [4.69, 9.17) is 4.74 Å². The number of aryl methyl sites for hydroxylation is 1. The number of ether oxygens (including phenoxy) is 1. The lowest BCUT2D eigenvalue weighted by molar-refractivity contribution is -0.459. The number of thiophene rings is 1. The first-order valence-electron chi connectivity index (χ1n) is 11.4. The summed E-state index contributed by atoms with van der Waals surface area (Å²) in [5.74, 6) is -63.7. The zero-order valence-corrected chi connectivity index (χ0v) is 21.6. The summed E-state index contributed by atoms with van der Waals surface area (Å²) in [6.07, 6.45) is -6.81. The van der Waals surface area contributed by atoms with E-state index in [0.717, 1.165) is 5.32 Å². The average molecular weight is 685 g/mol. The lowest BCUT2D eigenvalue weighted by atomic mass is 9.89. The first-order valence-corrected chi connectivity index (χ1v) is 12.3. The van der Waals surface area contributed by atoms with Crippen LogP contribution < -0.4 is 5.32 Å². The molecule has 0 bridgehead atoms. The molecule has 0 unspecified atom stereocenters. The van der Waals surface area contributed by atoms with Gasteiger partial charge in [-0.2, -0.15) is 74.6 Å². The van der Waals surface area contributed by atoms with Crippen LogP contribution in [0.15, 0.2) is 0 Å². The summed E-state index contributed by atoms with van der Waals surface area (Å²) in [7, 11) is 0. The molecule has 22 heteroatoms. The number of hydrogen-bond donors (Lipinski definition) is 1. The molecule has 43 heavy (non-hydrogen) atoms. The van der Waals surface area contributed by atoms with Crippen LogP contribution in [-0.2, 0) is 22.4 Å². The van der Waals surface area contributed by atoms with E-state index in [1.807, 2.05) is 0 Å². The van der Waals surface area contributed by atoms with Gasteiger partial charge in [-0.3, -0.25) is 4.79 Å². The Balaban J connectivity index is 2.57. The van der Waals surface area contributed by atoms with Gasteiger partial charge in [0.15, 0.2) is 0 Å². The second-order valence-corrected chi connectivity index (χ2v) is 10.1. The Morgan fingerprint density at radius 3 is 1.60 bits per heavy atom. The Kier molecular flexibility index (Phi) is 9.47. The third-order valence-corrected chi connectivity index (χ3v) is 7.25. The van der Waals surface area contributed by atoms with Crippen molar-refractivity contribution in [1.29, 1.82) is 0 Å². The molecule has 4 nitrogen and oxygen atoms in total. The Bertz CT molecular complexity index is 1220. The van der Waals surface area contributed by atoms with E-state index >= 15 is 0 Å². The summed E-state index contributed by atoms with van der Waals surface area (Å²) < 4.78 is 234. The summed E-state index contributed by atoms with van der Waals surface area (Å²) in [5, 5.41) is -0.204. The maximum Gasteiger partial charge on any atom is 0.460 e. The van der Waals surface area contributed by atoms with Gasteiger partial charge in [-0.25, -0.2) is 4.79 Å². The average Bonchev–Trinajstić information content (AvgIpc) is 3.23. The van der Waals surface area contributed by atoms with Gasteiger partial charge in [0.2, 0.25) is 0 Å². The summed E-state index contributed by atoms with van der Waals surface area (Å²) >= 11 is 0.249. The number of carbonyl (C=O) groups excluding carboxylic acids is 2. The predicted molar refractivity (Wildman–Crippen MR) is 111 cm³/mol. The van der Waals surface area contributed by atoms with Crippen LogP contribution in [0.5, 0.6) is 0 Å². The van der Waals surface area contributed by atoms with E-state index in [9.17, 15) is 84.2 Å². The number of fused-ring (bicyclic) bond motifs is 1. The number of anilines is 1. The Morgan fingerprint density at radius 1 is 0.698 bits per heavy atom. The summed E-state index contributed by atoms with van der Waals surface area (Å²) in [6, 6.07) is 0. The minimum absolute atomic E-state index is 0.0148. The SMILES string of the molecule is CCCOC(=O)c1c(NC(=O)C(F)(F)C(F)(F)C(F)(F)C(F)(F)C(F)(F)C(F)(F)C(F)(F)C(F)(F)F)sc2c1CCCC2. The second kappa shape index (κ2) is 11.1. The van der Waals surface area contributed by atoms with E-state index in [-0.39, 0.29) is 47.6 Å². The van der Waals surface area contributed by atoms with Crippen molar-refractivity contribution in [3.8, 4) is 0 Å². The van der Waals surface area contributed by atoms with Crippen molar-refractivity contribution in [2.75, 3.05) is 11.9 Å². The molecule has 1 amide bonds. The number of hydrogen-bond acceptors (Lipinski definition) is 4. The molecule has 0 atom stereocenters. The van der Waals surface area contributed by atoms with Crippen LogP contribution in [-0.4, -0.2) is 66.1 Å². The maximum atomic E-state index is 14.4. The van der Waals surface area contributed by atoms with Crippen molar-refractivity contribution < 1.29 is 89.0 Å². The van der Waals surface area contributed by atoms with E-state index < -0.39 is 70.1 Å². The molecule has 1 aliphatic carbocycles. The van der Waals surface area contributed by atoms with Gasteiger partial charge in [-0.1, -0.05) is 6.92 Å². The number of rotatable bonds is 11. The van der Waals surface area contributed by atoms with E-state index in [0.29, 0.717) is 12.8 Å². The van der Waals surface area contributed by atoms with E-state index in [2.05, 4.69) is 0 Å². The molecular formula is C21H16F17NO3S. The van der Waals surface area contributed by atoms with Gasteiger partial charge in [0, 0.05) is 4.88 Å². The topological polar surface area (TPSA) is 55.4 Å². The molecule has 1 aliphatic rings. The van der Waals surface area contributed by atoms with Gasteiger partial charge in [0.25, 0.3) is 0 Å². The molecule has 0 saturated heterocycles. The highest BCUT2D eigenvalue weighted by molar-refractivity contribution is 7.17. The number of esters is 1. The molecule has 0 saturated carbocycles. The highest BCUT2D eigenvalue weighted by Crippen LogP contribution is 2.64. The van der Waals surface area contributed by atoms with E-state index in [1.54, 1.807) is 0 Å². The fourth-order valence-electron chi connectivity index (χ4n) is 3.62. The summed E-state index contributed by atoms with van der Waals surface area (Å²) in [6.45, 7) is 1.17. The van der Waals surface area contributed by atoms with Crippen LogP contribution in [0.3, 0.4) is 0 Å². The van der Waals surface area contributed by atoms with Crippen LogP contribution >= 0.6 is 11.3 Å². The monoisotopic (exact) mass is 685 g/mol. The van der Waals surface area contributed by atoms with Gasteiger partial charge in [-0.05, 0) is 37.7 Å². The maximum absolute atomic E-state index is 14.4. The lowest BCUT2D eigenvalue weighted by Gasteiger charge is -2.42. The smallest absolute Gasteiger partial charge is 0.460 e. The van der Waals surface area contributed by atoms with Crippen LogP contribution in [0.2, 0.25) is 0 Å². The minimum atomic E-state index is -8.80. The minimum Gasteiger partial charge on any atom is -0.462 e. The first-order chi connectivity index (χ1) is 19.1. The quantitative estimate of drug-likeness (QED) is 0.189. The second-order valence-electron chi connectivity index (χ2n) is 9.02. The van der Waals surface area contributed by atoms with Gasteiger partial charge in [0.05, 0.1) is 12.2 Å². The summed E-state index contributed by atoms with van der Waals surface area (Å²) in [5.41, 5.74) is -0.703. The number of nitrogens with one attached hydrogen (secondary N) is 1. The molecular weight excluding hydrogens is 669 g/mol. The molecule has 0 fully saturated rings. The van der Waals surface area contributed by atoms with Crippen LogP contribution in [0.1, 0.15) is 47.0 Å². The fraction of sp³-hybridized carbons (Fsp3) is 0.714. The Hall–Kier alpha value is -2.55. The fourth-order valence-corrected chi connectivity index (χ4v) is 4.90. The normalized spacial score (nSPS) is 16.1. The molecule has 1 aromatic rings. The standard InChI is InChI=1S/C21H16F17NO3S/c1-2-7-42-12(40)10-8-5-3-4-6-9(8)43-11(10)39-13(41)14(22,23)15(24,25)16(26,27)17(28,29)18(30,31)19(32,33)20(34,35)21(36,37)38/h2-7H2,1H3,(H,39,41). The van der Waals surface area contributed by atoms with Crippen molar-refractivity contribution >= 4 is 28.2 Å². The molecule has 1 heterocycles. The highest BCUT2D eigenvalue weighted by atomic mass is 32.1. The van der Waals surface area contributed by atoms with Crippen LogP contribution in [0, 0.1) is 0 Å². The van der Waals surface area contributed by atoms with Crippen molar-refractivity contribution in [3.63, 3.8) is 0 Å². The molecule has 0 aliphatic heterocycles. The van der Waals surface area contributed by atoms with Crippen LogP contribution in [0.25, 0.3) is 0 Å². The van der Waals surface area contributed by atoms with Gasteiger partial charge >= 0.3 is 59.5 Å². The lowest BCUT2D eigenvalue weighted by Crippen LogP contribution is -2.75. The Morgan fingerprint density at radius 2 is 1.14 bits per heavy atom. The molecule has 248 valence electrons. The number of amides is 1. The van der Waals surface area contributed by atoms with Crippen molar-refractivity contribution in [1.82, 2.24) is 0 Å². The van der Waals surface area contributed by atoms with Gasteiger partial charge in [-0.15, -0.1) is 11.3 Å². The van der Waals surface area contributed by atoms with Crippen LogP contribution in [0.4, 0.5) is 79.6 Å². The zero-order valence-electron chi connectivity index (χ0n) is 20.8. The van der Waals surface area contributed by atoms with Crippen molar-refractivity contribution in [2.45, 2.75) is 86.7 Å². The molecule has 2 rings (SSSR count). The number of carbonyl (C=O) groups is 2. The third kappa shape index (κ3) is 5.38. The molecule has 1 aromatic heterocycles.